The van der Waals surface area contributed by atoms with Crippen molar-refractivity contribution in [1.29, 1.82) is 0 Å². The Morgan fingerprint density at radius 1 is 1.12 bits per heavy atom. The van der Waals surface area contributed by atoms with Gasteiger partial charge in [0.2, 0.25) is 0 Å². The normalized spacial score (nSPS) is 18.2. The van der Waals surface area contributed by atoms with Gasteiger partial charge in [-0.1, -0.05) is 0 Å². The zero-order valence-corrected chi connectivity index (χ0v) is 10.6. The number of aromatic nitrogens is 1. The summed E-state index contributed by atoms with van der Waals surface area (Å²) in [4.78, 5) is 0. The van der Waals surface area contributed by atoms with E-state index in [-0.39, 0.29) is 7.55 Å². The second kappa shape index (κ2) is 3.00. The van der Waals surface area contributed by atoms with Crippen molar-refractivity contribution < 1.29 is 4.49 Å². The van der Waals surface area contributed by atoms with Crippen LogP contribution in [0.25, 0.3) is 6.08 Å². The fraction of sp³-hybridized carbons (Fsp3) is 0.308. The molecule has 2 aliphatic heterocycles. The lowest BCUT2D eigenvalue weighted by atomic mass is 10.0. The molecular formula is C13H17BN2. The molecule has 0 saturated heterocycles. The number of hydrogen-bond acceptors (Lipinski definition) is 0. The average Bonchev–Trinajstić information content (AvgIpc) is 2.67. The van der Waals surface area contributed by atoms with E-state index in [0.29, 0.717) is 0 Å². The molecule has 1 aromatic rings. The molecule has 16 heavy (non-hydrogen) atoms. The molecule has 82 valence electrons. The van der Waals surface area contributed by atoms with Crippen molar-refractivity contribution in [2.24, 2.45) is 0 Å². The summed E-state index contributed by atoms with van der Waals surface area (Å²) in [7, 11) is -0.272. The molecule has 1 aromatic heterocycles. The van der Waals surface area contributed by atoms with E-state index < -0.39 is 0 Å². The third-order valence-electron chi connectivity index (χ3n) is 4.11. The van der Waals surface area contributed by atoms with Gasteiger partial charge in [0.15, 0.2) is 5.70 Å². The van der Waals surface area contributed by atoms with Gasteiger partial charge in [-0.25, -0.2) is 0 Å². The predicted octanol–water partition coefficient (Wildman–Crippen LogP) is 1.74. The third-order valence-corrected chi connectivity index (χ3v) is 4.11. The van der Waals surface area contributed by atoms with Crippen molar-refractivity contribution in [2.45, 2.75) is 27.7 Å². The minimum absolute atomic E-state index is 0.272. The molecule has 0 aliphatic carbocycles. The lowest BCUT2D eigenvalue weighted by Crippen LogP contribution is -2.29. The van der Waals surface area contributed by atoms with Crippen LogP contribution in [0.3, 0.4) is 0 Å². The predicted molar refractivity (Wildman–Crippen MR) is 70.5 cm³/mol. The molecule has 0 radical (unpaired) electrons. The molecule has 3 heteroatoms. The Morgan fingerprint density at radius 2 is 1.88 bits per heavy atom. The maximum Gasteiger partial charge on any atom is 0.353 e. The summed E-state index contributed by atoms with van der Waals surface area (Å²) in [5, 5.41) is 0. The smallest absolute Gasteiger partial charge is 0.353 e. The van der Waals surface area contributed by atoms with Gasteiger partial charge in [0, 0.05) is 30.3 Å². The Balaban J connectivity index is 2.26. The van der Waals surface area contributed by atoms with E-state index in [1.54, 1.807) is 0 Å². The molecule has 0 spiro atoms. The number of allylic oxidation sites excluding steroid dienone is 2. The van der Waals surface area contributed by atoms with E-state index in [1.165, 1.54) is 33.9 Å². The van der Waals surface area contributed by atoms with Crippen LogP contribution in [0.5, 0.6) is 0 Å². The molecule has 0 unspecified atom stereocenters. The standard InChI is InChI=1S/C13H17BN2/c1-8-5-10(3)15-12(8)7-13-9(2)6-11(4)16(13)14-15/h5-7H,14H2,1-4H3. The van der Waals surface area contributed by atoms with Gasteiger partial charge in [0.25, 0.3) is 0 Å². The second-order valence-corrected chi connectivity index (χ2v) is 5.17. The maximum absolute atomic E-state index is 2.51. The largest absolute Gasteiger partial charge is 0.464 e. The summed E-state index contributed by atoms with van der Waals surface area (Å²) in [6.07, 6.45) is 4.64. The van der Waals surface area contributed by atoms with Crippen LogP contribution in [0.2, 0.25) is 0 Å². The monoisotopic (exact) mass is 212 g/mol. The molecule has 2 aliphatic rings. The number of rotatable bonds is 0. The van der Waals surface area contributed by atoms with Crippen LogP contribution in [-0.4, -0.2) is 22.2 Å². The van der Waals surface area contributed by atoms with E-state index in [9.17, 15) is 0 Å². The molecule has 3 rings (SSSR count). The van der Waals surface area contributed by atoms with Gasteiger partial charge in [-0.15, -0.1) is 0 Å². The Morgan fingerprint density at radius 3 is 2.62 bits per heavy atom. The molecule has 0 atom stereocenters. The zero-order valence-electron chi connectivity index (χ0n) is 10.6. The summed E-state index contributed by atoms with van der Waals surface area (Å²) < 4.78 is 5.02. The summed E-state index contributed by atoms with van der Waals surface area (Å²) in [5.41, 5.74) is 8.47. The average molecular weight is 212 g/mol. The Bertz CT molecular complexity index is 585. The highest BCUT2D eigenvalue weighted by Crippen LogP contribution is 2.27. The van der Waals surface area contributed by atoms with Gasteiger partial charge in [0.1, 0.15) is 5.71 Å². The van der Waals surface area contributed by atoms with Crippen molar-refractivity contribution in [2.75, 3.05) is 0 Å². The van der Waals surface area contributed by atoms with E-state index >= 15 is 0 Å². The van der Waals surface area contributed by atoms with Gasteiger partial charge in [-0.2, -0.15) is 0 Å². The minimum atomic E-state index is -0.272. The Kier molecular flexibility index (Phi) is 1.82. The fourth-order valence-corrected chi connectivity index (χ4v) is 3.16. The molecule has 0 saturated carbocycles. The Hall–Kier alpha value is -1.51. The van der Waals surface area contributed by atoms with Crippen LogP contribution in [0, 0.1) is 13.8 Å². The first-order valence-corrected chi connectivity index (χ1v) is 6.02. The van der Waals surface area contributed by atoms with Crippen LogP contribution >= 0.6 is 0 Å². The van der Waals surface area contributed by atoms with Crippen molar-refractivity contribution in [3.05, 3.63) is 40.4 Å². The fourth-order valence-electron chi connectivity index (χ4n) is 3.16. The van der Waals surface area contributed by atoms with Crippen molar-refractivity contribution in [3.63, 3.8) is 0 Å². The molecule has 0 amide bonds. The van der Waals surface area contributed by atoms with Crippen LogP contribution < -0.4 is 0 Å². The number of hydrogen-bond donors (Lipinski definition) is 0. The molecular weight excluding hydrogens is 195 g/mol. The molecule has 2 nitrogen and oxygen atoms in total. The van der Waals surface area contributed by atoms with Gasteiger partial charge in [-0.3, -0.25) is 0 Å². The van der Waals surface area contributed by atoms with Gasteiger partial charge in [-0.05, 0) is 38.1 Å². The number of nitrogens with zero attached hydrogens (tertiary/aromatic N) is 2. The molecule has 0 bridgehead atoms. The topological polar surface area (TPSA) is 7.94 Å². The summed E-state index contributed by atoms with van der Waals surface area (Å²) in [6.45, 7) is 8.85. The van der Waals surface area contributed by atoms with E-state index in [4.69, 9.17) is 0 Å². The molecule has 0 N–H and O–H groups in total. The van der Waals surface area contributed by atoms with E-state index in [0.717, 1.165) is 0 Å². The van der Waals surface area contributed by atoms with Crippen molar-refractivity contribution >= 4 is 19.3 Å². The highest BCUT2D eigenvalue weighted by molar-refractivity contribution is 6.28. The SMILES string of the molecule is CC1=CC(C)=[N+]2[BH2-]n3c(C)cc(C)c3C=C12. The summed E-state index contributed by atoms with van der Waals surface area (Å²) in [6, 6.07) is 2.30. The van der Waals surface area contributed by atoms with Crippen LogP contribution in [-0.2, 0) is 0 Å². The number of aryl methyl sites for hydroxylation is 2. The first kappa shape index (κ1) is 9.70. The van der Waals surface area contributed by atoms with Crippen LogP contribution in [0.4, 0.5) is 0 Å². The van der Waals surface area contributed by atoms with Crippen molar-refractivity contribution in [1.82, 2.24) is 4.48 Å². The van der Waals surface area contributed by atoms with Gasteiger partial charge >= 0.3 is 7.55 Å². The number of fused-ring (bicyclic) bond motifs is 2. The highest BCUT2D eigenvalue weighted by Gasteiger charge is 2.25. The zero-order chi connectivity index (χ0) is 11.4. The van der Waals surface area contributed by atoms with Gasteiger partial charge in [0.05, 0.1) is 0 Å². The first-order valence-electron chi connectivity index (χ1n) is 6.02. The van der Waals surface area contributed by atoms with Gasteiger partial charge < -0.3 is 8.96 Å². The van der Waals surface area contributed by atoms with E-state index in [1.807, 2.05) is 0 Å². The molecule has 0 fully saturated rings. The molecule has 3 heterocycles. The van der Waals surface area contributed by atoms with Crippen molar-refractivity contribution in [3.8, 4) is 0 Å². The summed E-state index contributed by atoms with van der Waals surface area (Å²) in [5.74, 6) is 0. The highest BCUT2D eigenvalue weighted by atomic mass is 15.1. The van der Waals surface area contributed by atoms with E-state index in [2.05, 4.69) is 54.9 Å². The minimum Gasteiger partial charge on any atom is -0.464 e. The second-order valence-electron chi connectivity index (χ2n) is 5.17. The lowest BCUT2D eigenvalue weighted by molar-refractivity contribution is -0.314. The molecule has 0 aromatic carbocycles. The Labute approximate surface area is 96.9 Å². The maximum atomic E-state index is 2.51. The van der Waals surface area contributed by atoms with Crippen LogP contribution in [0.1, 0.15) is 30.8 Å². The lowest BCUT2D eigenvalue weighted by Gasteiger charge is -2.22. The summed E-state index contributed by atoms with van der Waals surface area (Å²) >= 11 is 0. The third kappa shape index (κ3) is 1.11. The quantitative estimate of drug-likeness (QED) is 0.579. The first-order chi connectivity index (χ1) is 7.58. The van der Waals surface area contributed by atoms with Crippen LogP contribution in [0.15, 0.2) is 23.4 Å².